The number of carbonyl (C=O) groups excluding carboxylic acids is 1. The molecule has 5 nitrogen and oxygen atoms in total. The molecule has 0 aliphatic rings. The first-order valence-corrected chi connectivity index (χ1v) is 8.84. The fourth-order valence-corrected chi connectivity index (χ4v) is 3.38. The second-order valence-corrected chi connectivity index (χ2v) is 6.78. The number of halogens is 2. The molecule has 1 N–H and O–H groups in total. The molecule has 0 bridgehead atoms. The first-order valence-electron chi connectivity index (χ1n) is 8.08. The van der Waals surface area contributed by atoms with Crippen molar-refractivity contribution < 1.29 is 9.32 Å². The topological polar surface area (TPSA) is 68.0 Å². The second kappa shape index (κ2) is 7.89. The fraction of sp³-hybridized carbons (Fsp3) is 0.211. The molecule has 3 aromatic rings. The Bertz CT molecular complexity index is 903. The molecule has 0 saturated carbocycles. The second-order valence-electron chi connectivity index (χ2n) is 5.97. The van der Waals surface area contributed by atoms with E-state index in [0.717, 1.165) is 11.1 Å². The van der Waals surface area contributed by atoms with Gasteiger partial charge in [0.1, 0.15) is 0 Å². The minimum atomic E-state index is -0.173. The highest BCUT2D eigenvalue weighted by Gasteiger charge is 2.15. The largest absolute Gasteiger partial charge is 0.351 e. The molecule has 0 fully saturated rings. The summed E-state index contributed by atoms with van der Waals surface area (Å²) in [7, 11) is 0. The summed E-state index contributed by atoms with van der Waals surface area (Å²) in [5.41, 5.74) is 2.14. The highest BCUT2D eigenvalue weighted by molar-refractivity contribution is 6.36. The summed E-state index contributed by atoms with van der Waals surface area (Å²) in [4.78, 5) is 16.5. The van der Waals surface area contributed by atoms with Crippen molar-refractivity contribution in [3.8, 4) is 11.5 Å². The SMILES string of the molecule is Cc1noc(-c2ccc(C(=O)NCC(C)c3c(Cl)cccc3Cl)cc2)n1. The number of hydrogen-bond donors (Lipinski definition) is 1. The van der Waals surface area contributed by atoms with E-state index in [4.69, 9.17) is 27.7 Å². The van der Waals surface area contributed by atoms with Gasteiger partial charge >= 0.3 is 0 Å². The van der Waals surface area contributed by atoms with Gasteiger partial charge in [-0.3, -0.25) is 4.79 Å². The Hall–Kier alpha value is -2.37. The lowest BCUT2D eigenvalue weighted by molar-refractivity contribution is 0.0951. The number of benzene rings is 2. The average molecular weight is 390 g/mol. The number of rotatable bonds is 5. The van der Waals surface area contributed by atoms with E-state index in [0.29, 0.717) is 33.9 Å². The van der Waals surface area contributed by atoms with Crippen LogP contribution in [0.15, 0.2) is 47.0 Å². The van der Waals surface area contributed by atoms with E-state index in [-0.39, 0.29) is 11.8 Å². The van der Waals surface area contributed by atoms with Gasteiger partial charge in [-0.1, -0.05) is 41.3 Å². The Morgan fingerprint density at radius 1 is 1.15 bits per heavy atom. The van der Waals surface area contributed by atoms with E-state index < -0.39 is 0 Å². The van der Waals surface area contributed by atoms with Crippen LogP contribution in [0.4, 0.5) is 0 Å². The molecule has 1 aromatic heterocycles. The molecule has 0 spiro atoms. The van der Waals surface area contributed by atoms with Crippen molar-refractivity contribution in [3.63, 3.8) is 0 Å². The summed E-state index contributed by atoms with van der Waals surface area (Å²) >= 11 is 12.4. The maximum absolute atomic E-state index is 12.4. The minimum Gasteiger partial charge on any atom is -0.351 e. The predicted molar refractivity (Wildman–Crippen MR) is 102 cm³/mol. The molecule has 7 heteroatoms. The first kappa shape index (κ1) is 18.4. The Labute approximate surface area is 161 Å². The number of carbonyl (C=O) groups is 1. The number of hydrogen-bond acceptors (Lipinski definition) is 4. The standard InChI is InChI=1S/C19H17Cl2N3O2/c1-11(17-15(20)4-3-5-16(17)21)10-22-18(25)13-6-8-14(9-7-13)19-23-12(2)24-26-19/h3-9,11H,10H2,1-2H3,(H,22,25). The van der Waals surface area contributed by atoms with Crippen LogP contribution in [0.5, 0.6) is 0 Å². The quantitative estimate of drug-likeness (QED) is 0.674. The number of nitrogens with one attached hydrogen (secondary N) is 1. The van der Waals surface area contributed by atoms with Gasteiger partial charge in [0.15, 0.2) is 5.82 Å². The number of nitrogens with zero attached hydrogens (tertiary/aromatic N) is 2. The molecule has 2 aromatic carbocycles. The van der Waals surface area contributed by atoms with Crippen LogP contribution in [0.2, 0.25) is 10.0 Å². The van der Waals surface area contributed by atoms with Crippen LogP contribution in [-0.2, 0) is 0 Å². The van der Waals surface area contributed by atoms with Crippen molar-refractivity contribution in [3.05, 3.63) is 69.5 Å². The zero-order valence-electron chi connectivity index (χ0n) is 14.3. The van der Waals surface area contributed by atoms with Crippen LogP contribution in [0.1, 0.15) is 34.6 Å². The van der Waals surface area contributed by atoms with Crippen molar-refractivity contribution in [1.29, 1.82) is 0 Å². The maximum atomic E-state index is 12.4. The Balaban J connectivity index is 1.65. The van der Waals surface area contributed by atoms with Gasteiger partial charge in [0.2, 0.25) is 0 Å². The third-order valence-electron chi connectivity index (χ3n) is 3.98. The van der Waals surface area contributed by atoms with E-state index in [9.17, 15) is 4.79 Å². The molecule has 1 amide bonds. The summed E-state index contributed by atoms with van der Waals surface area (Å²) in [5.74, 6) is 0.805. The number of aryl methyl sites for hydroxylation is 1. The summed E-state index contributed by atoms with van der Waals surface area (Å²) in [6.45, 7) is 4.14. The highest BCUT2D eigenvalue weighted by atomic mass is 35.5. The van der Waals surface area contributed by atoms with Crippen molar-refractivity contribution in [1.82, 2.24) is 15.5 Å². The minimum absolute atomic E-state index is 0.0132. The maximum Gasteiger partial charge on any atom is 0.257 e. The molecule has 1 atom stereocenters. The van der Waals surface area contributed by atoms with Crippen molar-refractivity contribution in [2.45, 2.75) is 19.8 Å². The summed E-state index contributed by atoms with van der Waals surface area (Å²) in [5, 5.41) is 7.85. The molecule has 26 heavy (non-hydrogen) atoms. The molecular formula is C19H17Cl2N3O2. The van der Waals surface area contributed by atoms with Gasteiger partial charge in [0.25, 0.3) is 11.8 Å². The lowest BCUT2D eigenvalue weighted by atomic mass is 10.0. The molecular weight excluding hydrogens is 373 g/mol. The summed E-state index contributed by atoms with van der Waals surface area (Å²) in [6.07, 6.45) is 0. The van der Waals surface area contributed by atoms with Crippen LogP contribution in [0, 0.1) is 6.92 Å². The Kier molecular flexibility index (Phi) is 5.59. The molecule has 1 unspecified atom stereocenters. The lowest BCUT2D eigenvalue weighted by Crippen LogP contribution is -2.27. The Morgan fingerprint density at radius 3 is 2.38 bits per heavy atom. The lowest BCUT2D eigenvalue weighted by Gasteiger charge is -2.16. The van der Waals surface area contributed by atoms with Crippen LogP contribution >= 0.6 is 23.2 Å². The van der Waals surface area contributed by atoms with Crippen molar-refractivity contribution >= 4 is 29.1 Å². The summed E-state index contributed by atoms with van der Waals surface area (Å²) in [6, 6.07) is 12.4. The molecule has 0 aliphatic carbocycles. The van der Waals surface area contributed by atoms with Crippen LogP contribution < -0.4 is 5.32 Å². The van der Waals surface area contributed by atoms with Gasteiger partial charge in [0.05, 0.1) is 0 Å². The molecule has 134 valence electrons. The fourth-order valence-electron chi connectivity index (χ4n) is 2.61. The monoisotopic (exact) mass is 389 g/mol. The van der Waals surface area contributed by atoms with Crippen LogP contribution in [0.3, 0.4) is 0 Å². The molecule has 0 aliphatic heterocycles. The van der Waals surface area contributed by atoms with E-state index in [2.05, 4.69) is 15.5 Å². The van der Waals surface area contributed by atoms with Gasteiger partial charge in [0, 0.05) is 33.6 Å². The summed E-state index contributed by atoms with van der Waals surface area (Å²) < 4.78 is 5.11. The Morgan fingerprint density at radius 2 is 1.81 bits per heavy atom. The number of aromatic nitrogens is 2. The molecule has 0 saturated heterocycles. The molecule has 3 rings (SSSR count). The van der Waals surface area contributed by atoms with Gasteiger partial charge in [-0.05, 0) is 48.9 Å². The number of amides is 1. The van der Waals surface area contributed by atoms with Crippen molar-refractivity contribution in [2.24, 2.45) is 0 Å². The van der Waals surface area contributed by atoms with Gasteiger partial charge < -0.3 is 9.84 Å². The third-order valence-corrected chi connectivity index (χ3v) is 4.64. The van der Waals surface area contributed by atoms with Crippen LogP contribution in [0.25, 0.3) is 11.5 Å². The van der Waals surface area contributed by atoms with Crippen molar-refractivity contribution in [2.75, 3.05) is 6.54 Å². The third kappa shape index (κ3) is 4.06. The highest BCUT2D eigenvalue weighted by Crippen LogP contribution is 2.31. The van der Waals surface area contributed by atoms with Gasteiger partial charge in [-0.25, -0.2) is 0 Å². The first-order chi connectivity index (χ1) is 12.5. The van der Waals surface area contributed by atoms with E-state index in [1.807, 2.05) is 6.92 Å². The predicted octanol–water partition coefficient (Wildman–Crippen LogP) is 4.89. The molecule has 1 heterocycles. The van der Waals surface area contributed by atoms with Gasteiger partial charge in [-0.15, -0.1) is 0 Å². The zero-order chi connectivity index (χ0) is 18.7. The van der Waals surface area contributed by atoms with E-state index in [1.54, 1.807) is 49.4 Å². The van der Waals surface area contributed by atoms with Gasteiger partial charge in [-0.2, -0.15) is 4.98 Å². The van der Waals surface area contributed by atoms with E-state index >= 15 is 0 Å². The van der Waals surface area contributed by atoms with E-state index in [1.165, 1.54) is 0 Å². The van der Waals surface area contributed by atoms with Crippen LogP contribution in [-0.4, -0.2) is 22.6 Å². The smallest absolute Gasteiger partial charge is 0.257 e. The molecule has 0 radical (unpaired) electrons. The normalized spacial score (nSPS) is 12.0. The zero-order valence-corrected chi connectivity index (χ0v) is 15.8. The average Bonchev–Trinajstić information content (AvgIpc) is 3.06.